The van der Waals surface area contributed by atoms with E-state index in [9.17, 15) is 9.90 Å². The van der Waals surface area contributed by atoms with Gasteiger partial charge in [0.15, 0.2) is 11.5 Å². The molecule has 0 aliphatic rings. The molecule has 0 bridgehead atoms. The Morgan fingerprint density at radius 1 is 0.795 bits per heavy atom. The predicted octanol–water partition coefficient (Wildman–Crippen LogP) is 5.99. The Hall–Kier alpha value is -4.95. The fourth-order valence-corrected chi connectivity index (χ4v) is 5.46. The highest BCUT2D eigenvalue weighted by Crippen LogP contribution is 2.41. The molecular weight excluding hydrogens is 556 g/mol. The molecule has 1 aromatic heterocycles. The molecule has 8 heteroatoms. The maximum atomic E-state index is 13.7. The monoisotopic (exact) mass is 594 g/mol. The van der Waals surface area contributed by atoms with E-state index in [2.05, 4.69) is 16.4 Å². The van der Waals surface area contributed by atoms with E-state index in [-0.39, 0.29) is 12.5 Å². The summed E-state index contributed by atoms with van der Waals surface area (Å²) < 4.78 is 22.0. The number of para-hydroxylation sites is 1. The molecule has 8 nitrogen and oxygen atoms in total. The fourth-order valence-electron chi connectivity index (χ4n) is 5.46. The highest BCUT2D eigenvalue weighted by molar-refractivity contribution is 5.96. The maximum Gasteiger partial charge on any atom is 0.251 e. The van der Waals surface area contributed by atoms with Crippen molar-refractivity contribution in [1.29, 1.82) is 0 Å². The normalized spacial score (nSPS) is 11.7. The summed E-state index contributed by atoms with van der Waals surface area (Å²) in [5.41, 5.74) is 6.36. The Bertz CT molecular complexity index is 1700. The van der Waals surface area contributed by atoms with Gasteiger partial charge in [-0.05, 0) is 89.5 Å². The standard InChI is InChI=1S/C36H38N2O6/c1-41-30-13-11-23(12-14-30)9-10-24-15-25(26-19-33(42-2)35(44-4)34(20-26)43-3)17-27(16-24)36(40)38-29(22-39)18-28-21-37-32-8-6-5-7-31(28)32/h5-8,11-17,19-21,29,37,39H,9-10,18,22H2,1-4H3,(H,38,40)/t29-/m1/s1. The smallest absolute Gasteiger partial charge is 0.251 e. The van der Waals surface area contributed by atoms with Gasteiger partial charge in [-0.2, -0.15) is 0 Å². The van der Waals surface area contributed by atoms with Gasteiger partial charge in [-0.25, -0.2) is 0 Å². The summed E-state index contributed by atoms with van der Waals surface area (Å²) in [5.74, 6) is 2.09. The van der Waals surface area contributed by atoms with Crippen LogP contribution in [0.25, 0.3) is 22.0 Å². The third-order valence-corrected chi connectivity index (χ3v) is 7.81. The number of hydrogen-bond donors (Lipinski definition) is 3. The summed E-state index contributed by atoms with van der Waals surface area (Å²) in [6.07, 6.45) is 3.91. The zero-order valence-electron chi connectivity index (χ0n) is 25.5. The lowest BCUT2D eigenvalue weighted by atomic mass is 9.95. The summed E-state index contributed by atoms with van der Waals surface area (Å²) in [5, 5.41) is 14.3. The van der Waals surface area contributed by atoms with Crippen LogP contribution in [-0.2, 0) is 19.3 Å². The van der Waals surface area contributed by atoms with Gasteiger partial charge in [0.25, 0.3) is 5.91 Å². The van der Waals surface area contributed by atoms with Crippen LogP contribution in [0.2, 0.25) is 0 Å². The van der Waals surface area contributed by atoms with E-state index in [1.54, 1.807) is 28.4 Å². The van der Waals surface area contributed by atoms with Gasteiger partial charge < -0.3 is 34.4 Å². The average Bonchev–Trinajstić information content (AvgIpc) is 3.48. The third-order valence-electron chi connectivity index (χ3n) is 7.81. The quantitative estimate of drug-likeness (QED) is 0.155. The van der Waals surface area contributed by atoms with Crippen LogP contribution in [0.15, 0.2) is 85.1 Å². The first-order valence-electron chi connectivity index (χ1n) is 14.5. The number of aromatic amines is 1. The van der Waals surface area contributed by atoms with Gasteiger partial charge in [0.2, 0.25) is 5.75 Å². The third kappa shape index (κ3) is 6.82. The second-order valence-electron chi connectivity index (χ2n) is 10.6. The van der Waals surface area contributed by atoms with E-state index in [0.29, 0.717) is 35.7 Å². The van der Waals surface area contributed by atoms with Gasteiger partial charge in [-0.15, -0.1) is 0 Å². The zero-order valence-corrected chi connectivity index (χ0v) is 25.5. The molecule has 1 heterocycles. The molecule has 4 aromatic carbocycles. The van der Waals surface area contributed by atoms with Gasteiger partial charge in [0.05, 0.1) is 41.1 Å². The Labute approximate surface area is 257 Å². The maximum absolute atomic E-state index is 13.7. The number of methoxy groups -OCH3 is 4. The number of rotatable bonds is 13. The van der Waals surface area contributed by atoms with E-state index < -0.39 is 6.04 Å². The van der Waals surface area contributed by atoms with Crippen LogP contribution in [-0.4, -0.2) is 57.1 Å². The number of nitrogens with one attached hydrogen (secondary N) is 2. The minimum absolute atomic E-state index is 0.192. The molecule has 0 saturated heterocycles. The average molecular weight is 595 g/mol. The number of ether oxygens (including phenoxy) is 4. The molecule has 0 spiro atoms. The molecule has 1 amide bonds. The predicted molar refractivity (Wildman–Crippen MR) is 172 cm³/mol. The lowest BCUT2D eigenvalue weighted by Crippen LogP contribution is -2.39. The molecule has 0 saturated carbocycles. The van der Waals surface area contributed by atoms with Crippen molar-refractivity contribution in [3.63, 3.8) is 0 Å². The van der Waals surface area contributed by atoms with Gasteiger partial charge >= 0.3 is 0 Å². The van der Waals surface area contributed by atoms with Crippen molar-refractivity contribution in [3.05, 3.63) is 107 Å². The Morgan fingerprint density at radius 2 is 1.48 bits per heavy atom. The van der Waals surface area contributed by atoms with Crippen molar-refractivity contribution in [2.24, 2.45) is 0 Å². The zero-order chi connectivity index (χ0) is 31.1. The number of fused-ring (bicyclic) bond motifs is 1. The number of aromatic nitrogens is 1. The molecule has 0 aliphatic heterocycles. The van der Waals surface area contributed by atoms with Crippen LogP contribution in [0.4, 0.5) is 0 Å². The highest BCUT2D eigenvalue weighted by Gasteiger charge is 2.19. The number of amides is 1. The highest BCUT2D eigenvalue weighted by atomic mass is 16.5. The number of H-pyrrole nitrogens is 1. The minimum atomic E-state index is -0.464. The molecule has 5 rings (SSSR count). The van der Waals surface area contributed by atoms with E-state index >= 15 is 0 Å². The molecule has 0 aliphatic carbocycles. The van der Waals surface area contributed by atoms with Crippen molar-refractivity contribution in [1.82, 2.24) is 10.3 Å². The van der Waals surface area contributed by atoms with Crippen LogP contribution in [0.3, 0.4) is 0 Å². The van der Waals surface area contributed by atoms with Crippen LogP contribution >= 0.6 is 0 Å². The lowest BCUT2D eigenvalue weighted by molar-refractivity contribution is 0.0916. The summed E-state index contributed by atoms with van der Waals surface area (Å²) in [4.78, 5) is 17.0. The number of hydrogen-bond acceptors (Lipinski definition) is 6. The fraction of sp³-hybridized carbons (Fsp3) is 0.250. The summed E-state index contributed by atoms with van der Waals surface area (Å²) in [7, 11) is 6.37. The second kappa shape index (κ2) is 14.0. The van der Waals surface area contributed by atoms with Crippen LogP contribution < -0.4 is 24.3 Å². The number of carbonyl (C=O) groups excluding carboxylic acids is 1. The first-order valence-corrected chi connectivity index (χ1v) is 14.5. The van der Waals surface area contributed by atoms with Gasteiger partial charge in [-0.3, -0.25) is 4.79 Å². The first-order chi connectivity index (χ1) is 21.5. The Morgan fingerprint density at radius 3 is 2.14 bits per heavy atom. The summed E-state index contributed by atoms with van der Waals surface area (Å²) in [6, 6.07) is 25.1. The van der Waals surface area contributed by atoms with E-state index in [1.165, 1.54) is 0 Å². The van der Waals surface area contributed by atoms with Crippen molar-refractivity contribution >= 4 is 16.8 Å². The number of carbonyl (C=O) groups is 1. The second-order valence-corrected chi connectivity index (χ2v) is 10.6. The van der Waals surface area contributed by atoms with E-state index in [4.69, 9.17) is 18.9 Å². The van der Waals surface area contributed by atoms with Crippen molar-refractivity contribution in [3.8, 4) is 34.1 Å². The number of benzene rings is 4. The van der Waals surface area contributed by atoms with E-state index in [1.807, 2.05) is 79.0 Å². The van der Waals surface area contributed by atoms with Crippen LogP contribution in [0.1, 0.15) is 27.0 Å². The Kier molecular flexibility index (Phi) is 9.72. The summed E-state index contributed by atoms with van der Waals surface area (Å²) >= 11 is 0. The number of aliphatic hydroxyl groups excluding tert-OH is 1. The minimum Gasteiger partial charge on any atom is -0.497 e. The molecule has 0 unspecified atom stereocenters. The molecule has 3 N–H and O–H groups in total. The molecule has 0 fully saturated rings. The number of aryl methyl sites for hydroxylation is 2. The molecular formula is C36H38N2O6. The molecule has 228 valence electrons. The largest absolute Gasteiger partial charge is 0.497 e. The topological polar surface area (TPSA) is 102 Å². The van der Waals surface area contributed by atoms with E-state index in [0.717, 1.165) is 50.9 Å². The lowest BCUT2D eigenvalue weighted by Gasteiger charge is -2.18. The van der Waals surface area contributed by atoms with Gasteiger partial charge in [0.1, 0.15) is 5.75 Å². The molecule has 5 aromatic rings. The van der Waals surface area contributed by atoms with Crippen molar-refractivity contribution in [2.75, 3.05) is 35.0 Å². The Balaban J connectivity index is 1.46. The molecule has 44 heavy (non-hydrogen) atoms. The van der Waals surface area contributed by atoms with Crippen LogP contribution in [0, 0.1) is 0 Å². The number of aliphatic hydroxyl groups is 1. The van der Waals surface area contributed by atoms with Crippen LogP contribution in [0.5, 0.6) is 23.0 Å². The van der Waals surface area contributed by atoms with Crippen molar-refractivity contribution in [2.45, 2.75) is 25.3 Å². The van der Waals surface area contributed by atoms with Gasteiger partial charge in [-0.1, -0.05) is 36.4 Å². The van der Waals surface area contributed by atoms with Gasteiger partial charge in [0, 0.05) is 22.7 Å². The molecule has 1 atom stereocenters. The SMILES string of the molecule is COc1ccc(CCc2cc(C(=O)N[C@@H](CO)Cc3c[nH]c4ccccc34)cc(-c3cc(OC)c(OC)c(OC)c3)c2)cc1. The first kappa shape index (κ1) is 30.5. The van der Waals surface area contributed by atoms with Crippen molar-refractivity contribution < 1.29 is 28.8 Å². The summed E-state index contributed by atoms with van der Waals surface area (Å²) in [6.45, 7) is -0.192. The molecule has 0 radical (unpaired) electrons.